The molecule has 2 atom stereocenters. The molecule has 0 amide bonds. The van der Waals surface area contributed by atoms with Gasteiger partial charge in [-0.3, -0.25) is 0 Å². The molecule has 0 bridgehead atoms. The molecule has 0 radical (unpaired) electrons. The highest BCUT2D eigenvalue weighted by atomic mass is 79.9. The maximum Gasteiger partial charge on any atom is 0.132 e. The zero-order valence-electron chi connectivity index (χ0n) is 8.15. The SMILES string of the molecule is COc1cccc(F)c1C(O)C(O)CBr. The molecule has 84 valence electrons. The van der Waals surface area contributed by atoms with Gasteiger partial charge >= 0.3 is 0 Å². The normalized spacial score (nSPS) is 14.7. The first-order chi connectivity index (χ1) is 7.11. The van der Waals surface area contributed by atoms with Gasteiger partial charge in [-0.05, 0) is 12.1 Å². The van der Waals surface area contributed by atoms with E-state index in [1.54, 1.807) is 0 Å². The summed E-state index contributed by atoms with van der Waals surface area (Å²) < 4.78 is 18.3. The van der Waals surface area contributed by atoms with Crippen LogP contribution < -0.4 is 4.74 Å². The van der Waals surface area contributed by atoms with E-state index in [1.807, 2.05) is 0 Å². The molecule has 1 aromatic rings. The van der Waals surface area contributed by atoms with E-state index < -0.39 is 18.0 Å². The van der Waals surface area contributed by atoms with Gasteiger partial charge in [-0.1, -0.05) is 22.0 Å². The number of alkyl halides is 1. The standard InChI is InChI=1S/C10H12BrFO3/c1-15-8-4-2-3-6(12)9(8)10(14)7(13)5-11/h2-4,7,10,13-14H,5H2,1H3. The van der Waals surface area contributed by atoms with Crippen molar-refractivity contribution >= 4 is 15.9 Å². The average molecular weight is 279 g/mol. The highest BCUT2D eigenvalue weighted by Crippen LogP contribution is 2.30. The second kappa shape index (κ2) is 5.44. The van der Waals surface area contributed by atoms with Crippen LogP contribution in [0.25, 0.3) is 0 Å². The molecule has 0 saturated carbocycles. The van der Waals surface area contributed by atoms with Gasteiger partial charge in [-0.25, -0.2) is 4.39 Å². The van der Waals surface area contributed by atoms with Crippen LogP contribution in [0, 0.1) is 5.82 Å². The van der Waals surface area contributed by atoms with Crippen molar-refractivity contribution in [1.29, 1.82) is 0 Å². The van der Waals surface area contributed by atoms with Gasteiger partial charge in [0.15, 0.2) is 0 Å². The number of benzene rings is 1. The molecule has 0 fully saturated rings. The van der Waals surface area contributed by atoms with Crippen LogP contribution in [-0.2, 0) is 0 Å². The summed E-state index contributed by atoms with van der Waals surface area (Å²) in [5, 5.41) is 19.2. The number of aliphatic hydroxyl groups is 2. The van der Waals surface area contributed by atoms with E-state index in [9.17, 15) is 14.6 Å². The minimum Gasteiger partial charge on any atom is -0.496 e. The molecule has 1 aromatic carbocycles. The summed E-state index contributed by atoms with van der Waals surface area (Å²) in [6, 6.07) is 4.22. The number of halogens is 2. The van der Waals surface area contributed by atoms with Crippen LogP contribution in [-0.4, -0.2) is 28.8 Å². The van der Waals surface area contributed by atoms with E-state index in [0.717, 1.165) is 0 Å². The van der Waals surface area contributed by atoms with Crippen LogP contribution in [0.15, 0.2) is 18.2 Å². The van der Waals surface area contributed by atoms with Gasteiger partial charge in [0, 0.05) is 5.33 Å². The molecule has 1 rings (SSSR count). The van der Waals surface area contributed by atoms with Crippen LogP contribution in [0.3, 0.4) is 0 Å². The van der Waals surface area contributed by atoms with Crippen LogP contribution in [0.4, 0.5) is 4.39 Å². The molecular formula is C10H12BrFO3. The van der Waals surface area contributed by atoms with Crippen molar-refractivity contribution < 1.29 is 19.3 Å². The highest BCUT2D eigenvalue weighted by molar-refractivity contribution is 9.09. The van der Waals surface area contributed by atoms with E-state index in [4.69, 9.17) is 4.74 Å². The molecule has 0 aromatic heterocycles. The van der Waals surface area contributed by atoms with Crippen molar-refractivity contribution in [3.63, 3.8) is 0 Å². The molecular weight excluding hydrogens is 267 g/mol. The van der Waals surface area contributed by atoms with Crippen molar-refractivity contribution in [2.45, 2.75) is 12.2 Å². The van der Waals surface area contributed by atoms with E-state index in [-0.39, 0.29) is 16.6 Å². The summed E-state index contributed by atoms with van der Waals surface area (Å²) in [5.41, 5.74) is -0.0213. The smallest absolute Gasteiger partial charge is 0.132 e. The lowest BCUT2D eigenvalue weighted by molar-refractivity contribution is 0.0304. The van der Waals surface area contributed by atoms with Crippen LogP contribution in [0.1, 0.15) is 11.7 Å². The fourth-order valence-corrected chi connectivity index (χ4v) is 1.61. The topological polar surface area (TPSA) is 49.7 Å². The van der Waals surface area contributed by atoms with Gasteiger partial charge < -0.3 is 14.9 Å². The highest BCUT2D eigenvalue weighted by Gasteiger charge is 2.24. The summed E-state index contributed by atoms with van der Waals surface area (Å²) in [6.07, 6.45) is -2.38. The second-order valence-electron chi connectivity index (χ2n) is 3.02. The van der Waals surface area contributed by atoms with Crippen molar-refractivity contribution in [3.05, 3.63) is 29.6 Å². The average Bonchev–Trinajstić information content (AvgIpc) is 2.26. The largest absolute Gasteiger partial charge is 0.496 e. The first-order valence-electron chi connectivity index (χ1n) is 4.36. The molecule has 2 unspecified atom stereocenters. The Bertz CT molecular complexity index is 332. The number of hydrogen-bond donors (Lipinski definition) is 2. The van der Waals surface area contributed by atoms with Gasteiger partial charge in [0.25, 0.3) is 0 Å². The third-order valence-electron chi connectivity index (χ3n) is 2.05. The lowest BCUT2D eigenvalue weighted by atomic mass is 10.0. The quantitative estimate of drug-likeness (QED) is 0.823. The van der Waals surface area contributed by atoms with Gasteiger partial charge in [0.2, 0.25) is 0 Å². The summed E-state index contributed by atoms with van der Waals surface area (Å²) >= 11 is 3.01. The van der Waals surface area contributed by atoms with Gasteiger partial charge in [-0.15, -0.1) is 0 Å². The third kappa shape index (κ3) is 2.68. The lowest BCUT2D eigenvalue weighted by Gasteiger charge is -2.18. The van der Waals surface area contributed by atoms with E-state index in [2.05, 4.69) is 15.9 Å². The Morgan fingerprint density at radius 1 is 1.47 bits per heavy atom. The van der Waals surface area contributed by atoms with Gasteiger partial charge in [-0.2, -0.15) is 0 Å². The molecule has 0 aliphatic carbocycles. The molecule has 3 nitrogen and oxygen atoms in total. The minimum absolute atomic E-state index is 0.0213. The molecule has 0 spiro atoms. The lowest BCUT2D eigenvalue weighted by Crippen LogP contribution is -2.21. The van der Waals surface area contributed by atoms with Gasteiger partial charge in [0.05, 0.1) is 18.8 Å². The van der Waals surface area contributed by atoms with Crippen LogP contribution in [0.2, 0.25) is 0 Å². The predicted octanol–water partition coefficient (Wildman–Crippen LogP) is 1.62. The first-order valence-corrected chi connectivity index (χ1v) is 5.48. The Morgan fingerprint density at radius 3 is 2.67 bits per heavy atom. The summed E-state index contributed by atoms with van der Waals surface area (Å²) in [7, 11) is 1.38. The first kappa shape index (κ1) is 12.4. The van der Waals surface area contributed by atoms with Crippen LogP contribution >= 0.6 is 15.9 Å². The monoisotopic (exact) mass is 278 g/mol. The zero-order valence-corrected chi connectivity index (χ0v) is 9.74. The minimum atomic E-state index is -1.31. The summed E-state index contributed by atoms with van der Waals surface area (Å²) in [5.74, 6) is -0.371. The molecule has 0 saturated heterocycles. The predicted molar refractivity (Wildman–Crippen MR) is 57.7 cm³/mol. The summed E-state index contributed by atoms with van der Waals surface area (Å²) in [4.78, 5) is 0. The Balaban J connectivity index is 3.10. The number of hydrogen-bond acceptors (Lipinski definition) is 3. The fourth-order valence-electron chi connectivity index (χ4n) is 1.26. The van der Waals surface area contributed by atoms with Gasteiger partial charge in [0.1, 0.15) is 17.7 Å². The van der Waals surface area contributed by atoms with Crippen molar-refractivity contribution in [1.82, 2.24) is 0 Å². The maximum atomic E-state index is 13.4. The van der Waals surface area contributed by atoms with E-state index >= 15 is 0 Å². The van der Waals surface area contributed by atoms with Crippen molar-refractivity contribution in [2.24, 2.45) is 0 Å². The molecule has 5 heteroatoms. The van der Waals surface area contributed by atoms with Crippen molar-refractivity contribution in [3.8, 4) is 5.75 Å². The van der Waals surface area contributed by atoms with Crippen molar-refractivity contribution in [2.75, 3.05) is 12.4 Å². The maximum absolute atomic E-state index is 13.4. The zero-order chi connectivity index (χ0) is 11.4. The molecule has 2 N–H and O–H groups in total. The molecule has 0 aliphatic rings. The fraction of sp³-hybridized carbons (Fsp3) is 0.400. The Kier molecular flexibility index (Phi) is 4.50. The van der Waals surface area contributed by atoms with E-state index in [0.29, 0.717) is 0 Å². The van der Waals surface area contributed by atoms with E-state index in [1.165, 1.54) is 25.3 Å². The second-order valence-corrected chi connectivity index (χ2v) is 3.67. The third-order valence-corrected chi connectivity index (χ3v) is 2.71. The molecule has 0 heterocycles. The summed E-state index contributed by atoms with van der Waals surface area (Å²) in [6.45, 7) is 0. The Hall–Kier alpha value is -0.650. The van der Waals surface area contributed by atoms with Crippen LogP contribution in [0.5, 0.6) is 5.75 Å². The number of aliphatic hydroxyl groups excluding tert-OH is 2. The number of methoxy groups -OCH3 is 1. The number of ether oxygens (including phenoxy) is 1. The Labute approximate surface area is 95.6 Å². The molecule has 15 heavy (non-hydrogen) atoms. The Morgan fingerprint density at radius 2 is 2.13 bits per heavy atom. The molecule has 0 aliphatic heterocycles. The number of rotatable bonds is 4.